The first-order valence-electron chi connectivity index (χ1n) is 9.11. The van der Waals surface area contributed by atoms with Crippen molar-refractivity contribution >= 4 is 15.7 Å². The minimum absolute atomic E-state index is 0.0783. The van der Waals surface area contributed by atoms with Gasteiger partial charge in [0, 0.05) is 11.3 Å². The zero-order valence-corrected chi connectivity index (χ0v) is 16.1. The first-order chi connectivity index (χ1) is 14.1. The van der Waals surface area contributed by atoms with Gasteiger partial charge in [-0.15, -0.1) is 5.10 Å². The third-order valence-corrected chi connectivity index (χ3v) is 5.98. The van der Waals surface area contributed by atoms with Crippen LogP contribution in [0.15, 0.2) is 71.9 Å². The molecule has 2 heterocycles. The molecule has 4 aromatic rings. The van der Waals surface area contributed by atoms with Crippen LogP contribution in [0.4, 0.5) is 5.69 Å². The van der Waals surface area contributed by atoms with Crippen LogP contribution in [0.25, 0.3) is 17.1 Å². The van der Waals surface area contributed by atoms with Gasteiger partial charge in [0.15, 0.2) is 5.82 Å². The smallest absolute Gasteiger partial charge is 0.265 e. The Labute approximate surface area is 167 Å². The quantitative estimate of drug-likeness (QED) is 0.526. The number of rotatable bonds is 6. The van der Waals surface area contributed by atoms with Crippen molar-refractivity contribution in [3.63, 3.8) is 0 Å². The number of sulfonamides is 1. The van der Waals surface area contributed by atoms with E-state index in [1.165, 1.54) is 17.1 Å². The molecule has 1 aliphatic rings. The van der Waals surface area contributed by atoms with Crippen LogP contribution in [0.1, 0.15) is 18.9 Å². The molecular weight excluding hydrogens is 390 g/mol. The monoisotopic (exact) mass is 407 g/mol. The van der Waals surface area contributed by atoms with Crippen LogP contribution < -0.4 is 4.72 Å². The molecular formula is C19H17N7O2S. The van der Waals surface area contributed by atoms with Gasteiger partial charge in [-0.1, -0.05) is 30.3 Å². The maximum absolute atomic E-state index is 12.8. The fourth-order valence-electron chi connectivity index (χ4n) is 3.05. The molecule has 2 aromatic heterocycles. The fourth-order valence-corrected chi connectivity index (χ4v) is 4.03. The first-order valence-corrected chi connectivity index (χ1v) is 10.6. The van der Waals surface area contributed by atoms with Gasteiger partial charge in [-0.3, -0.25) is 4.72 Å². The van der Waals surface area contributed by atoms with Crippen LogP contribution in [0.5, 0.6) is 0 Å². The molecule has 2 aromatic carbocycles. The number of benzene rings is 2. The largest absolute Gasteiger partial charge is 0.280 e. The van der Waals surface area contributed by atoms with Gasteiger partial charge >= 0.3 is 0 Å². The molecule has 0 unspecified atom stereocenters. The van der Waals surface area contributed by atoms with Gasteiger partial charge in [-0.25, -0.2) is 17.8 Å². The van der Waals surface area contributed by atoms with Gasteiger partial charge in [0.05, 0.1) is 24.1 Å². The van der Waals surface area contributed by atoms with Gasteiger partial charge < -0.3 is 0 Å². The Morgan fingerprint density at radius 1 is 1.03 bits per heavy atom. The van der Waals surface area contributed by atoms with Crippen molar-refractivity contribution in [3.8, 4) is 17.1 Å². The molecule has 1 saturated carbocycles. The Bertz CT molecular complexity index is 1260. The third kappa shape index (κ3) is 3.49. The van der Waals surface area contributed by atoms with Crippen LogP contribution >= 0.6 is 0 Å². The SMILES string of the molecule is O=S(=O)(Nc1cccc(-c2nnnn2C2CC2)c1)c1cnn(-c2ccccc2)c1. The second kappa shape index (κ2) is 6.82. The van der Waals surface area contributed by atoms with Crippen LogP contribution in [-0.4, -0.2) is 38.4 Å². The molecule has 5 rings (SSSR count). The van der Waals surface area contributed by atoms with Gasteiger partial charge in [0.1, 0.15) is 4.90 Å². The van der Waals surface area contributed by atoms with E-state index in [0.29, 0.717) is 17.6 Å². The highest BCUT2D eigenvalue weighted by molar-refractivity contribution is 7.92. The number of hydrogen-bond donors (Lipinski definition) is 1. The number of nitrogens with zero attached hydrogens (tertiary/aromatic N) is 6. The van der Waals surface area contributed by atoms with Crippen LogP contribution in [0, 0.1) is 0 Å². The lowest BCUT2D eigenvalue weighted by atomic mass is 10.2. The zero-order valence-electron chi connectivity index (χ0n) is 15.3. The summed E-state index contributed by atoms with van der Waals surface area (Å²) in [6.07, 6.45) is 4.91. The second-order valence-electron chi connectivity index (χ2n) is 6.82. The van der Waals surface area contributed by atoms with E-state index in [1.807, 2.05) is 36.4 Å². The fraction of sp³-hybridized carbons (Fsp3) is 0.158. The van der Waals surface area contributed by atoms with E-state index < -0.39 is 10.0 Å². The van der Waals surface area contributed by atoms with Crippen molar-refractivity contribution in [2.45, 2.75) is 23.8 Å². The summed E-state index contributed by atoms with van der Waals surface area (Å²) in [5.41, 5.74) is 1.96. The van der Waals surface area contributed by atoms with Crippen LogP contribution in [0.2, 0.25) is 0 Å². The summed E-state index contributed by atoms with van der Waals surface area (Å²) in [5.74, 6) is 0.630. The van der Waals surface area contributed by atoms with Crippen molar-refractivity contribution in [3.05, 3.63) is 67.0 Å². The maximum atomic E-state index is 12.8. The van der Waals surface area contributed by atoms with Crippen molar-refractivity contribution in [2.75, 3.05) is 4.72 Å². The second-order valence-corrected chi connectivity index (χ2v) is 8.50. The Morgan fingerprint density at radius 3 is 2.66 bits per heavy atom. The van der Waals surface area contributed by atoms with E-state index in [-0.39, 0.29) is 4.90 Å². The molecule has 0 bridgehead atoms. The molecule has 0 aliphatic heterocycles. The van der Waals surface area contributed by atoms with Crippen LogP contribution in [0.3, 0.4) is 0 Å². The number of nitrogens with one attached hydrogen (secondary N) is 1. The van der Waals surface area contributed by atoms with Crippen LogP contribution in [-0.2, 0) is 10.0 Å². The summed E-state index contributed by atoms with van der Waals surface area (Å²) in [7, 11) is -3.79. The summed E-state index contributed by atoms with van der Waals surface area (Å²) in [5, 5.41) is 16.1. The number of anilines is 1. The van der Waals surface area contributed by atoms with Crippen molar-refractivity contribution in [1.82, 2.24) is 30.0 Å². The molecule has 1 N–H and O–H groups in total. The number of hydrogen-bond acceptors (Lipinski definition) is 6. The number of tetrazole rings is 1. The van der Waals surface area contributed by atoms with E-state index in [9.17, 15) is 8.42 Å². The maximum Gasteiger partial charge on any atom is 0.265 e. The Balaban J connectivity index is 1.41. The third-order valence-electron chi connectivity index (χ3n) is 4.65. The Hall–Kier alpha value is -3.53. The predicted octanol–water partition coefficient (Wildman–Crippen LogP) is 2.66. The Morgan fingerprint density at radius 2 is 1.86 bits per heavy atom. The number of aromatic nitrogens is 6. The lowest BCUT2D eigenvalue weighted by Crippen LogP contribution is -2.12. The lowest BCUT2D eigenvalue weighted by Gasteiger charge is -2.08. The molecule has 0 saturated heterocycles. The first kappa shape index (κ1) is 17.6. The van der Waals surface area contributed by atoms with Gasteiger partial charge in [-0.2, -0.15) is 5.10 Å². The molecule has 0 atom stereocenters. The minimum Gasteiger partial charge on any atom is -0.280 e. The summed E-state index contributed by atoms with van der Waals surface area (Å²) >= 11 is 0. The molecule has 10 heteroatoms. The molecule has 1 fully saturated rings. The predicted molar refractivity (Wildman–Crippen MR) is 106 cm³/mol. The highest BCUT2D eigenvalue weighted by Gasteiger charge is 2.28. The highest BCUT2D eigenvalue weighted by Crippen LogP contribution is 2.36. The highest BCUT2D eigenvalue weighted by atomic mass is 32.2. The average molecular weight is 407 g/mol. The molecule has 146 valence electrons. The normalized spacial score (nSPS) is 14.1. The molecule has 1 aliphatic carbocycles. The molecule has 0 spiro atoms. The lowest BCUT2D eigenvalue weighted by molar-refractivity contribution is 0.601. The summed E-state index contributed by atoms with van der Waals surface area (Å²) in [6, 6.07) is 16.7. The average Bonchev–Trinajstić information content (AvgIpc) is 3.25. The van der Waals surface area contributed by atoms with E-state index in [1.54, 1.807) is 22.9 Å². The van der Waals surface area contributed by atoms with Gasteiger partial charge in [-0.05, 0) is 47.5 Å². The topological polar surface area (TPSA) is 108 Å². The van der Waals surface area contributed by atoms with E-state index in [0.717, 1.165) is 24.1 Å². The Kier molecular flexibility index (Phi) is 4.13. The summed E-state index contributed by atoms with van der Waals surface area (Å²) < 4.78 is 31.6. The molecule has 29 heavy (non-hydrogen) atoms. The van der Waals surface area contributed by atoms with Crippen molar-refractivity contribution < 1.29 is 8.42 Å². The van der Waals surface area contributed by atoms with E-state index in [2.05, 4.69) is 25.3 Å². The van der Waals surface area contributed by atoms with E-state index in [4.69, 9.17) is 0 Å². The summed E-state index contributed by atoms with van der Waals surface area (Å²) in [4.78, 5) is 0.0783. The van der Waals surface area contributed by atoms with Gasteiger partial charge in [0.25, 0.3) is 10.0 Å². The molecule has 0 radical (unpaired) electrons. The molecule has 0 amide bonds. The van der Waals surface area contributed by atoms with Crippen molar-refractivity contribution in [1.29, 1.82) is 0 Å². The molecule has 9 nitrogen and oxygen atoms in total. The number of para-hydroxylation sites is 1. The minimum atomic E-state index is -3.79. The standard InChI is InChI=1S/C19H17N7O2S/c27-29(28,18-12-20-25(13-18)16-7-2-1-3-8-16)22-15-6-4-5-14(11-15)19-21-23-24-26(19)17-9-10-17/h1-8,11-13,17,22H,9-10H2. The van der Waals surface area contributed by atoms with E-state index >= 15 is 0 Å². The summed E-state index contributed by atoms with van der Waals surface area (Å²) in [6.45, 7) is 0. The van der Waals surface area contributed by atoms with Gasteiger partial charge in [0.2, 0.25) is 0 Å². The zero-order chi connectivity index (χ0) is 19.8. The van der Waals surface area contributed by atoms with Crippen molar-refractivity contribution in [2.24, 2.45) is 0 Å².